The van der Waals surface area contributed by atoms with Gasteiger partial charge < -0.3 is 20.5 Å². The maximum absolute atomic E-state index is 11.7. The number of thiol groups is 1. The molecular weight excluding hydrogens is 349 g/mol. The van der Waals surface area contributed by atoms with Crippen molar-refractivity contribution < 1.29 is 23.8 Å². The Kier molecular flexibility index (Phi) is 4.21. The lowest BCUT2D eigenvalue weighted by atomic mass is 10.2. The van der Waals surface area contributed by atoms with Crippen molar-refractivity contribution in [3.05, 3.63) is 16.7 Å². The Bertz CT molecular complexity index is 833. The van der Waals surface area contributed by atoms with Crippen molar-refractivity contribution in [2.75, 3.05) is 12.3 Å². The second kappa shape index (κ2) is 5.89. The van der Waals surface area contributed by atoms with Gasteiger partial charge in [0.2, 0.25) is 5.95 Å². The summed E-state index contributed by atoms with van der Waals surface area (Å²) < 4.78 is 22.7. The second-order valence-corrected chi connectivity index (χ2v) is 7.77. The molecule has 1 fully saturated rings. The molecule has 1 aliphatic rings. The normalized spacial score (nSPS) is 27.3. The molecule has 126 valence electrons. The summed E-state index contributed by atoms with van der Waals surface area (Å²) in [6, 6.07) is 0. The number of nitrogens with one attached hydrogen (secondary N) is 1. The highest BCUT2D eigenvalue weighted by Crippen LogP contribution is 2.47. The highest BCUT2D eigenvalue weighted by molar-refractivity contribution is 8.44. The van der Waals surface area contributed by atoms with Crippen LogP contribution in [0.1, 0.15) is 12.6 Å². The molecule has 0 saturated carbocycles. The highest BCUT2D eigenvalue weighted by atomic mass is 32.7. The quantitative estimate of drug-likeness (QED) is 0.352. The molecule has 1 saturated heterocycles. The van der Waals surface area contributed by atoms with Crippen LogP contribution in [0.2, 0.25) is 0 Å². The molecule has 1 aliphatic heterocycles. The van der Waals surface area contributed by atoms with E-state index in [1.165, 1.54) is 10.9 Å². The molecule has 2 aromatic rings. The number of hydrogen-bond acceptors (Lipinski definition) is 8. The summed E-state index contributed by atoms with van der Waals surface area (Å²) in [6.07, 6.45) is -0.975. The summed E-state index contributed by atoms with van der Waals surface area (Å²) in [5.74, 6) is -0.0899. The van der Waals surface area contributed by atoms with Crippen LogP contribution in [-0.4, -0.2) is 48.3 Å². The average molecular weight is 363 g/mol. The molecule has 0 amide bonds. The molecule has 5 N–H and O–H groups in total. The van der Waals surface area contributed by atoms with E-state index in [0.29, 0.717) is 0 Å². The Morgan fingerprint density at radius 1 is 1.65 bits per heavy atom. The summed E-state index contributed by atoms with van der Waals surface area (Å²) >= 11 is 3.40. The molecule has 11 nitrogen and oxygen atoms in total. The van der Waals surface area contributed by atoms with E-state index in [9.17, 15) is 14.5 Å². The average Bonchev–Trinajstić information content (AvgIpc) is 2.99. The predicted octanol–water partition coefficient (Wildman–Crippen LogP) is -0.603. The number of nitrogens with two attached hydrogens (primary N) is 1. The van der Waals surface area contributed by atoms with Crippen LogP contribution >= 0.6 is 19.0 Å². The zero-order valence-electron chi connectivity index (χ0n) is 11.6. The lowest BCUT2D eigenvalue weighted by Gasteiger charge is -2.17. The maximum Gasteiger partial charge on any atom is 0.383 e. The minimum atomic E-state index is -3.93. The third kappa shape index (κ3) is 3.42. The van der Waals surface area contributed by atoms with Crippen LogP contribution in [0, 0.1) is 0 Å². The minimum absolute atomic E-state index is 0.0601. The number of aliphatic hydroxyl groups is 1. The second-order valence-electron chi connectivity index (χ2n) is 5.01. The van der Waals surface area contributed by atoms with E-state index in [2.05, 4.69) is 31.7 Å². The summed E-state index contributed by atoms with van der Waals surface area (Å²) in [6.45, 7) is -4.15. The van der Waals surface area contributed by atoms with E-state index in [-0.39, 0.29) is 30.1 Å². The first kappa shape index (κ1) is 16.4. The zero-order valence-corrected chi connectivity index (χ0v) is 13.4. The Morgan fingerprint density at radius 3 is 3.09 bits per heavy atom. The minimum Gasteiger partial charge on any atom is -0.388 e. The molecule has 0 spiro atoms. The monoisotopic (exact) mass is 363 g/mol. The Hall–Kier alpha value is -1.43. The smallest absolute Gasteiger partial charge is 0.383 e. The Labute approximate surface area is 134 Å². The van der Waals surface area contributed by atoms with E-state index in [4.69, 9.17) is 15.4 Å². The number of nitrogen functional groups attached to an aromatic ring is 1. The first-order valence-corrected chi connectivity index (χ1v) is 9.23. The van der Waals surface area contributed by atoms with Gasteiger partial charge in [-0.3, -0.25) is 18.9 Å². The maximum atomic E-state index is 11.7. The van der Waals surface area contributed by atoms with Gasteiger partial charge in [0.25, 0.3) is 5.56 Å². The van der Waals surface area contributed by atoms with E-state index < -0.39 is 30.8 Å². The summed E-state index contributed by atoms with van der Waals surface area (Å²) in [4.78, 5) is 31.0. The largest absolute Gasteiger partial charge is 0.388 e. The number of ether oxygens (including phenoxy) is 1. The molecule has 1 unspecified atom stereocenters. The zero-order chi connectivity index (χ0) is 16.8. The van der Waals surface area contributed by atoms with Crippen molar-refractivity contribution >= 4 is 36.2 Å². The van der Waals surface area contributed by atoms with Crippen LogP contribution in [0.25, 0.3) is 11.2 Å². The third-order valence-electron chi connectivity index (χ3n) is 3.32. The van der Waals surface area contributed by atoms with Crippen molar-refractivity contribution in [3.8, 4) is 0 Å². The van der Waals surface area contributed by atoms with Crippen molar-refractivity contribution in [3.63, 3.8) is 0 Å². The molecular formula is C10H14N5O6PS. The number of rotatable bonds is 4. The number of nitrogens with zero attached hydrogens (tertiary/aromatic N) is 3. The predicted molar refractivity (Wildman–Crippen MR) is 81.9 cm³/mol. The Morgan fingerprint density at radius 2 is 2.39 bits per heavy atom. The molecule has 2 aromatic heterocycles. The van der Waals surface area contributed by atoms with E-state index >= 15 is 0 Å². The lowest BCUT2D eigenvalue weighted by molar-refractivity contribution is -0.0461. The number of aliphatic hydroxyl groups excluding tert-OH is 1. The number of H-pyrrole nitrogens is 1. The molecule has 0 aromatic carbocycles. The van der Waals surface area contributed by atoms with Gasteiger partial charge in [-0.1, -0.05) is 12.2 Å². The SMILES string of the molecule is Nc1nc2c(ncn2[C@@H]2O[C@H](COP(=O)(O)S)C[C@H]2O)c(=O)[nH]1. The van der Waals surface area contributed by atoms with Gasteiger partial charge in [0.1, 0.15) is 6.10 Å². The van der Waals surface area contributed by atoms with Gasteiger partial charge in [0.15, 0.2) is 17.4 Å². The van der Waals surface area contributed by atoms with Crippen molar-refractivity contribution in [1.82, 2.24) is 19.5 Å². The van der Waals surface area contributed by atoms with Crippen molar-refractivity contribution in [2.45, 2.75) is 24.9 Å². The number of imidazole rings is 1. The molecule has 0 radical (unpaired) electrons. The fraction of sp³-hybridized carbons (Fsp3) is 0.500. The summed E-state index contributed by atoms with van der Waals surface area (Å²) in [7, 11) is 0. The molecule has 0 aliphatic carbocycles. The van der Waals surface area contributed by atoms with Crippen LogP contribution in [0.5, 0.6) is 0 Å². The first-order valence-electron chi connectivity index (χ1n) is 6.50. The number of aromatic amines is 1. The summed E-state index contributed by atoms with van der Waals surface area (Å²) in [5.41, 5.74) is 5.23. The van der Waals surface area contributed by atoms with E-state index in [1.54, 1.807) is 0 Å². The van der Waals surface area contributed by atoms with Crippen LogP contribution in [0.3, 0.4) is 0 Å². The fourth-order valence-corrected chi connectivity index (χ4v) is 2.96. The van der Waals surface area contributed by atoms with Crippen molar-refractivity contribution in [2.24, 2.45) is 0 Å². The molecule has 23 heavy (non-hydrogen) atoms. The topological polar surface area (TPSA) is 166 Å². The van der Waals surface area contributed by atoms with Gasteiger partial charge in [0.05, 0.1) is 19.0 Å². The molecule has 13 heteroatoms. The lowest BCUT2D eigenvalue weighted by Crippen LogP contribution is -2.20. The van der Waals surface area contributed by atoms with Crippen LogP contribution in [-0.2, 0) is 13.8 Å². The van der Waals surface area contributed by atoms with Crippen LogP contribution in [0.4, 0.5) is 5.95 Å². The molecule has 3 heterocycles. The van der Waals surface area contributed by atoms with Gasteiger partial charge >= 0.3 is 6.80 Å². The van der Waals surface area contributed by atoms with Gasteiger partial charge in [-0.05, 0) is 0 Å². The van der Waals surface area contributed by atoms with Gasteiger partial charge in [0, 0.05) is 6.42 Å². The van der Waals surface area contributed by atoms with Gasteiger partial charge in [-0.25, -0.2) is 9.55 Å². The van der Waals surface area contributed by atoms with Gasteiger partial charge in [-0.2, -0.15) is 4.98 Å². The van der Waals surface area contributed by atoms with Crippen LogP contribution < -0.4 is 11.3 Å². The van der Waals surface area contributed by atoms with Gasteiger partial charge in [-0.15, -0.1) is 0 Å². The van der Waals surface area contributed by atoms with E-state index in [0.717, 1.165) is 0 Å². The first-order chi connectivity index (χ1) is 10.7. The van der Waals surface area contributed by atoms with Crippen molar-refractivity contribution in [1.29, 1.82) is 0 Å². The van der Waals surface area contributed by atoms with Crippen LogP contribution in [0.15, 0.2) is 11.1 Å². The molecule has 3 rings (SSSR count). The number of anilines is 1. The Balaban J connectivity index is 1.85. The number of aromatic nitrogens is 4. The fourth-order valence-electron chi connectivity index (χ4n) is 2.40. The highest BCUT2D eigenvalue weighted by Gasteiger charge is 2.37. The standard InChI is InChI=1S/C10H14N5O6PS/c11-10-13-7-6(8(17)14-10)12-3-15(7)9-5(16)1-4(21-9)2-20-22(18,19)23/h3-5,9,16H,1-2H2,(H2,18,19,23)(H3,11,13,14,17)/t4-,5+,9+/m0/s1. The molecule has 0 bridgehead atoms. The van der Waals surface area contributed by atoms with E-state index in [1.807, 2.05) is 0 Å². The summed E-state index contributed by atoms with van der Waals surface area (Å²) in [5, 5.41) is 10.1. The third-order valence-corrected chi connectivity index (χ3v) is 4.15. The number of fused-ring (bicyclic) bond motifs is 1. The number of hydrogen-bond donors (Lipinski definition) is 5. The molecule has 4 atom stereocenters.